The third-order valence-electron chi connectivity index (χ3n) is 0.887. The van der Waals surface area contributed by atoms with Gasteiger partial charge in [-0.2, -0.15) is 0 Å². The van der Waals surface area contributed by atoms with Gasteiger partial charge >= 0.3 is 5.97 Å². The van der Waals surface area contributed by atoms with E-state index in [9.17, 15) is 4.79 Å². The van der Waals surface area contributed by atoms with Crippen molar-refractivity contribution in [3.8, 4) is 0 Å². The number of carbonyl (C=O) groups is 1. The Kier molecular flexibility index (Phi) is 1.23. The molecule has 3 heteroatoms. The van der Waals surface area contributed by atoms with Crippen molar-refractivity contribution in [2.75, 3.05) is 6.61 Å². The van der Waals surface area contributed by atoms with Gasteiger partial charge in [0.05, 0.1) is 6.61 Å². The highest BCUT2D eigenvalue weighted by atomic mass is 32.1. The Morgan fingerprint density at radius 3 is 2.71 bits per heavy atom. The lowest BCUT2D eigenvalue weighted by molar-refractivity contribution is -0.137. The molecule has 1 saturated heterocycles. The Morgan fingerprint density at radius 2 is 2.57 bits per heavy atom. The maximum absolute atomic E-state index is 10.2. The molecule has 0 aromatic heterocycles. The third kappa shape index (κ3) is 0.881. The molecule has 0 amide bonds. The Bertz CT molecular complexity index is 91.7. The Morgan fingerprint density at radius 1 is 1.86 bits per heavy atom. The summed E-state index contributed by atoms with van der Waals surface area (Å²) in [6, 6.07) is 0. The molecule has 1 rings (SSSR count). The standard InChI is InChI=1S/C4H5O2S/c5-4-3(7)1-2-6-4/h3H,1-2H2. The largest absolute Gasteiger partial charge is 0.465 e. The molecule has 1 heterocycles. The predicted molar refractivity (Wildman–Crippen MR) is 27.0 cm³/mol. The van der Waals surface area contributed by atoms with E-state index in [0.717, 1.165) is 0 Å². The minimum Gasteiger partial charge on any atom is -0.465 e. The Labute approximate surface area is 47.3 Å². The fraction of sp³-hybridized carbons (Fsp3) is 0.750. The smallest absolute Gasteiger partial charge is 0.320 e. The van der Waals surface area contributed by atoms with Crippen LogP contribution in [0, 0.1) is 0 Å². The summed E-state index contributed by atoms with van der Waals surface area (Å²) in [7, 11) is 0. The fourth-order valence-corrected chi connectivity index (χ4v) is 0.642. The van der Waals surface area contributed by atoms with Crippen LogP contribution in [0.25, 0.3) is 0 Å². The van der Waals surface area contributed by atoms with Crippen molar-refractivity contribution in [2.24, 2.45) is 0 Å². The quantitative estimate of drug-likeness (QED) is 0.432. The van der Waals surface area contributed by atoms with E-state index in [0.29, 0.717) is 13.0 Å². The predicted octanol–water partition coefficient (Wildman–Crippen LogP) is 0.499. The molecule has 1 aliphatic heterocycles. The molecule has 1 fully saturated rings. The van der Waals surface area contributed by atoms with Gasteiger partial charge in [-0.1, -0.05) is 12.6 Å². The molecule has 2 nitrogen and oxygen atoms in total. The van der Waals surface area contributed by atoms with Crippen LogP contribution in [-0.4, -0.2) is 17.8 Å². The molecule has 0 aromatic carbocycles. The van der Waals surface area contributed by atoms with Crippen molar-refractivity contribution in [3.05, 3.63) is 0 Å². The summed E-state index contributed by atoms with van der Waals surface area (Å²) in [4.78, 5) is 10.2. The summed E-state index contributed by atoms with van der Waals surface area (Å²) in [5.41, 5.74) is 0. The molecule has 1 atom stereocenters. The Balaban J connectivity index is 2.48. The number of hydrogen-bond acceptors (Lipinski definition) is 2. The summed E-state index contributed by atoms with van der Waals surface area (Å²) >= 11 is 4.65. The molecule has 0 aliphatic carbocycles. The second kappa shape index (κ2) is 1.74. The van der Waals surface area contributed by atoms with Crippen LogP contribution in [0.5, 0.6) is 0 Å². The second-order valence-electron chi connectivity index (χ2n) is 1.44. The average molecular weight is 117 g/mol. The summed E-state index contributed by atoms with van der Waals surface area (Å²) < 4.78 is 4.52. The van der Waals surface area contributed by atoms with E-state index in [-0.39, 0.29) is 11.2 Å². The van der Waals surface area contributed by atoms with Crippen LogP contribution in [0.1, 0.15) is 6.42 Å². The zero-order chi connectivity index (χ0) is 5.28. The van der Waals surface area contributed by atoms with E-state index >= 15 is 0 Å². The number of esters is 1. The van der Waals surface area contributed by atoms with Gasteiger partial charge in [0.15, 0.2) is 0 Å². The molecule has 1 aliphatic rings. The molecule has 0 spiro atoms. The lowest BCUT2D eigenvalue weighted by Gasteiger charge is -1.86. The van der Waals surface area contributed by atoms with Crippen LogP contribution in [0.4, 0.5) is 0 Å². The molecular weight excluding hydrogens is 112 g/mol. The maximum atomic E-state index is 10.2. The van der Waals surface area contributed by atoms with Crippen molar-refractivity contribution in [1.29, 1.82) is 0 Å². The van der Waals surface area contributed by atoms with Crippen LogP contribution in [-0.2, 0) is 9.53 Å². The van der Waals surface area contributed by atoms with Gasteiger partial charge in [-0.3, -0.25) is 4.79 Å². The van der Waals surface area contributed by atoms with Crippen LogP contribution in [0.15, 0.2) is 0 Å². The minimum atomic E-state index is -0.264. The lowest BCUT2D eigenvalue weighted by atomic mass is 10.4. The van der Waals surface area contributed by atoms with E-state index in [1.54, 1.807) is 0 Å². The summed E-state index contributed by atoms with van der Waals surface area (Å²) in [5.74, 6) is -0.227. The van der Waals surface area contributed by atoms with Gasteiger partial charge in [0.2, 0.25) is 0 Å². The van der Waals surface area contributed by atoms with Crippen LogP contribution in [0.3, 0.4) is 0 Å². The molecular formula is C4H5O2S. The molecule has 0 saturated carbocycles. The van der Waals surface area contributed by atoms with E-state index in [1.165, 1.54) is 0 Å². The summed E-state index contributed by atoms with van der Waals surface area (Å²) in [6.07, 6.45) is 0.716. The van der Waals surface area contributed by atoms with Crippen molar-refractivity contribution in [2.45, 2.75) is 11.7 Å². The zero-order valence-corrected chi connectivity index (χ0v) is 4.53. The maximum Gasteiger partial charge on any atom is 0.320 e. The molecule has 0 bridgehead atoms. The molecule has 1 radical (unpaired) electrons. The fourth-order valence-electron chi connectivity index (χ4n) is 0.477. The highest BCUT2D eigenvalue weighted by Gasteiger charge is 2.22. The number of hydrogen-bond donors (Lipinski definition) is 0. The van der Waals surface area contributed by atoms with E-state index in [4.69, 9.17) is 0 Å². The number of cyclic esters (lactones) is 1. The second-order valence-corrected chi connectivity index (χ2v) is 2.01. The van der Waals surface area contributed by atoms with Crippen LogP contribution in [0.2, 0.25) is 0 Å². The number of carbonyl (C=O) groups excluding carboxylic acids is 1. The Hall–Kier alpha value is -0.180. The molecule has 7 heavy (non-hydrogen) atoms. The van der Waals surface area contributed by atoms with E-state index in [2.05, 4.69) is 17.4 Å². The van der Waals surface area contributed by atoms with Crippen LogP contribution >= 0.6 is 12.6 Å². The average Bonchev–Trinajstić information content (AvgIpc) is 1.91. The third-order valence-corrected chi connectivity index (χ3v) is 1.32. The van der Waals surface area contributed by atoms with Crippen molar-refractivity contribution in [3.63, 3.8) is 0 Å². The molecule has 0 N–H and O–H groups in total. The van der Waals surface area contributed by atoms with Crippen molar-refractivity contribution in [1.82, 2.24) is 0 Å². The minimum absolute atomic E-state index is 0.227. The van der Waals surface area contributed by atoms with Crippen molar-refractivity contribution < 1.29 is 9.53 Å². The first-order valence-electron chi connectivity index (χ1n) is 2.13. The molecule has 1 unspecified atom stereocenters. The van der Waals surface area contributed by atoms with Crippen LogP contribution < -0.4 is 0 Å². The monoisotopic (exact) mass is 117 g/mol. The first-order valence-corrected chi connectivity index (χ1v) is 2.60. The van der Waals surface area contributed by atoms with Gasteiger partial charge < -0.3 is 4.74 Å². The first-order chi connectivity index (χ1) is 3.30. The summed E-state index contributed by atoms with van der Waals surface area (Å²) in [5, 5.41) is -0.264. The lowest BCUT2D eigenvalue weighted by Crippen LogP contribution is -2.04. The van der Waals surface area contributed by atoms with Crippen molar-refractivity contribution >= 4 is 18.6 Å². The molecule has 39 valence electrons. The first kappa shape index (κ1) is 4.97. The van der Waals surface area contributed by atoms with E-state index in [1.807, 2.05) is 0 Å². The van der Waals surface area contributed by atoms with Gasteiger partial charge in [-0.15, -0.1) is 0 Å². The SMILES string of the molecule is O=C1OCCC1[S]. The van der Waals surface area contributed by atoms with Gasteiger partial charge in [0.1, 0.15) is 5.25 Å². The normalized spacial score (nSPS) is 30.4. The highest BCUT2D eigenvalue weighted by molar-refractivity contribution is 7.81. The highest BCUT2D eigenvalue weighted by Crippen LogP contribution is 2.10. The van der Waals surface area contributed by atoms with E-state index < -0.39 is 0 Å². The topological polar surface area (TPSA) is 26.3 Å². The number of rotatable bonds is 0. The van der Waals surface area contributed by atoms with Gasteiger partial charge in [0.25, 0.3) is 0 Å². The van der Waals surface area contributed by atoms with Gasteiger partial charge in [-0.05, 0) is 0 Å². The van der Waals surface area contributed by atoms with Gasteiger partial charge in [-0.25, -0.2) is 0 Å². The van der Waals surface area contributed by atoms with Gasteiger partial charge in [0, 0.05) is 6.42 Å². The zero-order valence-electron chi connectivity index (χ0n) is 3.72. The number of ether oxygens (including phenoxy) is 1. The molecule has 0 aromatic rings. The summed E-state index contributed by atoms with van der Waals surface area (Å²) in [6.45, 7) is 0.521.